The summed E-state index contributed by atoms with van der Waals surface area (Å²) in [6, 6.07) is 16.0. The summed E-state index contributed by atoms with van der Waals surface area (Å²) in [5.74, 6) is -0.269. The van der Waals surface area contributed by atoms with Crippen molar-refractivity contribution < 1.29 is 14.3 Å². The molecule has 1 heterocycles. The van der Waals surface area contributed by atoms with Gasteiger partial charge < -0.3 is 4.74 Å². The van der Waals surface area contributed by atoms with Gasteiger partial charge in [0, 0.05) is 18.0 Å². The number of nitrogens with one attached hydrogen (secondary N) is 2. The molecule has 1 aromatic heterocycles. The van der Waals surface area contributed by atoms with Crippen LogP contribution in [0.25, 0.3) is 5.69 Å². The first-order valence-electron chi connectivity index (χ1n) is 8.00. The average molecular weight is 350 g/mol. The minimum atomic E-state index is -0.451. The third kappa shape index (κ3) is 4.47. The normalized spacial score (nSPS) is 10.2. The number of aryl methyl sites for hydroxylation is 1. The highest BCUT2D eigenvalue weighted by Crippen LogP contribution is 2.12. The molecular weight excluding hydrogens is 332 g/mol. The van der Waals surface area contributed by atoms with Crippen LogP contribution in [0.2, 0.25) is 0 Å². The van der Waals surface area contributed by atoms with E-state index < -0.39 is 11.8 Å². The van der Waals surface area contributed by atoms with Gasteiger partial charge in [0.15, 0.2) is 6.61 Å². The first-order valence-corrected chi connectivity index (χ1v) is 8.00. The van der Waals surface area contributed by atoms with Gasteiger partial charge in [-0.2, -0.15) is 5.10 Å². The quantitative estimate of drug-likeness (QED) is 0.690. The van der Waals surface area contributed by atoms with E-state index in [1.54, 1.807) is 41.2 Å². The number of carbonyl (C=O) groups excluding carboxylic acids is 2. The van der Waals surface area contributed by atoms with E-state index in [4.69, 9.17) is 4.74 Å². The molecule has 0 spiro atoms. The largest absolute Gasteiger partial charge is 0.484 e. The minimum Gasteiger partial charge on any atom is -0.484 e. The van der Waals surface area contributed by atoms with Crippen LogP contribution in [-0.4, -0.2) is 28.2 Å². The number of aromatic nitrogens is 2. The summed E-state index contributed by atoms with van der Waals surface area (Å²) >= 11 is 0. The van der Waals surface area contributed by atoms with Crippen molar-refractivity contribution in [1.29, 1.82) is 0 Å². The van der Waals surface area contributed by atoms with E-state index in [1.165, 1.54) is 0 Å². The minimum absolute atomic E-state index is 0.192. The number of hydrogen-bond donors (Lipinski definition) is 2. The molecule has 132 valence electrons. The lowest BCUT2D eigenvalue weighted by molar-refractivity contribution is -0.123. The first-order chi connectivity index (χ1) is 12.6. The van der Waals surface area contributed by atoms with Gasteiger partial charge in [-0.15, -0.1) is 0 Å². The topological polar surface area (TPSA) is 85.3 Å². The standard InChI is InChI=1S/C19H18N4O3/c1-14-4-2-5-17(12-14)26-13-18(24)21-22-19(25)15-6-8-16(9-7-15)23-11-3-10-20-23/h2-12H,13H2,1H3,(H,21,24)(H,22,25). The Morgan fingerprint density at radius 1 is 1.08 bits per heavy atom. The van der Waals surface area contributed by atoms with Crippen LogP contribution in [-0.2, 0) is 4.79 Å². The smallest absolute Gasteiger partial charge is 0.276 e. The summed E-state index contributed by atoms with van der Waals surface area (Å²) in [5.41, 5.74) is 6.98. The van der Waals surface area contributed by atoms with Gasteiger partial charge in [0.05, 0.1) is 5.69 Å². The Kier molecular flexibility index (Phi) is 5.28. The van der Waals surface area contributed by atoms with Gasteiger partial charge in [-0.3, -0.25) is 20.4 Å². The number of rotatable bonds is 5. The van der Waals surface area contributed by atoms with E-state index in [1.807, 2.05) is 37.4 Å². The number of hydrazine groups is 1. The Hall–Kier alpha value is -3.61. The number of hydrogen-bond acceptors (Lipinski definition) is 4. The third-order valence-corrected chi connectivity index (χ3v) is 3.57. The molecule has 7 heteroatoms. The number of carbonyl (C=O) groups is 2. The van der Waals surface area contributed by atoms with Crippen LogP contribution >= 0.6 is 0 Å². The van der Waals surface area contributed by atoms with Crippen molar-refractivity contribution in [1.82, 2.24) is 20.6 Å². The van der Waals surface area contributed by atoms with Crippen LogP contribution in [0, 0.1) is 6.92 Å². The van der Waals surface area contributed by atoms with Gasteiger partial charge in [0.2, 0.25) is 0 Å². The predicted molar refractivity (Wildman–Crippen MR) is 95.8 cm³/mol. The molecule has 0 aliphatic rings. The number of amides is 2. The molecule has 0 unspecified atom stereocenters. The molecule has 0 aliphatic heterocycles. The Morgan fingerprint density at radius 3 is 2.58 bits per heavy atom. The number of benzene rings is 2. The zero-order chi connectivity index (χ0) is 18.4. The van der Waals surface area contributed by atoms with E-state index in [9.17, 15) is 9.59 Å². The Morgan fingerprint density at radius 2 is 1.88 bits per heavy atom. The number of nitrogens with zero attached hydrogens (tertiary/aromatic N) is 2. The molecule has 0 atom stereocenters. The van der Waals surface area contributed by atoms with Gasteiger partial charge in [-0.05, 0) is 55.0 Å². The molecule has 26 heavy (non-hydrogen) atoms. The maximum atomic E-state index is 12.1. The van der Waals surface area contributed by atoms with Crippen LogP contribution in [0.1, 0.15) is 15.9 Å². The van der Waals surface area contributed by atoms with E-state index in [0.29, 0.717) is 11.3 Å². The zero-order valence-electron chi connectivity index (χ0n) is 14.2. The van der Waals surface area contributed by atoms with Crippen LogP contribution in [0.3, 0.4) is 0 Å². The second kappa shape index (κ2) is 7.98. The lowest BCUT2D eigenvalue weighted by Crippen LogP contribution is -2.43. The summed E-state index contributed by atoms with van der Waals surface area (Å²) in [5, 5.41) is 4.12. The van der Waals surface area contributed by atoms with Crippen molar-refractivity contribution >= 4 is 11.8 Å². The second-order valence-corrected chi connectivity index (χ2v) is 5.60. The average Bonchev–Trinajstić information content (AvgIpc) is 3.19. The summed E-state index contributed by atoms with van der Waals surface area (Å²) in [6.07, 6.45) is 3.48. The molecule has 0 saturated heterocycles. The maximum Gasteiger partial charge on any atom is 0.276 e. The van der Waals surface area contributed by atoms with Crippen molar-refractivity contribution in [3.8, 4) is 11.4 Å². The number of ether oxygens (including phenoxy) is 1. The summed E-state index contributed by atoms with van der Waals surface area (Å²) in [6.45, 7) is 1.74. The molecule has 0 aliphatic carbocycles. The maximum absolute atomic E-state index is 12.1. The Balaban J connectivity index is 1.48. The molecule has 3 rings (SSSR count). The molecule has 2 amide bonds. The molecule has 0 fully saturated rings. The van der Waals surface area contributed by atoms with Gasteiger partial charge in [-0.25, -0.2) is 4.68 Å². The van der Waals surface area contributed by atoms with Gasteiger partial charge in [0.1, 0.15) is 5.75 Å². The van der Waals surface area contributed by atoms with E-state index in [2.05, 4.69) is 16.0 Å². The Labute approximate surface area is 150 Å². The van der Waals surface area contributed by atoms with E-state index >= 15 is 0 Å². The lowest BCUT2D eigenvalue weighted by Gasteiger charge is -2.09. The fourth-order valence-electron chi connectivity index (χ4n) is 2.28. The van der Waals surface area contributed by atoms with Crippen LogP contribution < -0.4 is 15.6 Å². The summed E-state index contributed by atoms with van der Waals surface area (Å²) in [7, 11) is 0. The molecule has 2 aromatic carbocycles. The third-order valence-electron chi connectivity index (χ3n) is 3.57. The SMILES string of the molecule is Cc1cccc(OCC(=O)NNC(=O)c2ccc(-n3cccn3)cc2)c1. The fourth-order valence-corrected chi connectivity index (χ4v) is 2.28. The monoisotopic (exact) mass is 350 g/mol. The molecule has 3 aromatic rings. The van der Waals surface area contributed by atoms with Crippen LogP contribution in [0.15, 0.2) is 67.0 Å². The highest BCUT2D eigenvalue weighted by Gasteiger charge is 2.08. The molecule has 0 saturated carbocycles. The van der Waals surface area contributed by atoms with Crippen molar-refractivity contribution in [2.24, 2.45) is 0 Å². The molecule has 7 nitrogen and oxygen atoms in total. The van der Waals surface area contributed by atoms with E-state index in [-0.39, 0.29) is 6.61 Å². The molecule has 2 N–H and O–H groups in total. The highest BCUT2D eigenvalue weighted by atomic mass is 16.5. The molecule has 0 radical (unpaired) electrons. The molecular formula is C19H18N4O3. The highest BCUT2D eigenvalue weighted by molar-refractivity contribution is 5.95. The van der Waals surface area contributed by atoms with Gasteiger partial charge in [0.25, 0.3) is 11.8 Å². The predicted octanol–water partition coefficient (Wildman–Crippen LogP) is 2.02. The summed E-state index contributed by atoms with van der Waals surface area (Å²) < 4.78 is 7.06. The van der Waals surface area contributed by atoms with Gasteiger partial charge >= 0.3 is 0 Å². The van der Waals surface area contributed by atoms with Gasteiger partial charge in [-0.1, -0.05) is 12.1 Å². The molecule has 0 bridgehead atoms. The zero-order valence-corrected chi connectivity index (χ0v) is 14.2. The summed E-state index contributed by atoms with van der Waals surface area (Å²) in [4.78, 5) is 23.9. The van der Waals surface area contributed by atoms with Crippen molar-refractivity contribution in [2.75, 3.05) is 6.61 Å². The van der Waals surface area contributed by atoms with Crippen LogP contribution in [0.4, 0.5) is 0 Å². The Bertz CT molecular complexity index is 889. The van der Waals surface area contributed by atoms with Crippen molar-refractivity contribution in [2.45, 2.75) is 6.92 Å². The first kappa shape index (κ1) is 17.2. The fraction of sp³-hybridized carbons (Fsp3) is 0.105. The van der Waals surface area contributed by atoms with Crippen LogP contribution in [0.5, 0.6) is 5.75 Å². The van der Waals surface area contributed by atoms with Crippen molar-refractivity contribution in [3.63, 3.8) is 0 Å². The van der Waals surface area contributed by atoms with E-state index in [0.717, 1.165) is 11.3 Å². The van der Waals surface area contributed by atoms with Crippen molar-refractivity contribution in [3.05, 3.63) is 78.1 Å². The second-order valence-electron chi connectivity index (χ2n) is 5.60. The lowest BCUT2D eigenvalue weighted by atomic mass is 10.2.